The molecule has 0 amide bonds. The average molecular weight is 362 g/mol. The fourth-order valence-electron chi connectivity index (χ4n) is 1.25. The van der Waals surface area contributed by atoms with E-state index in [0.717, 1.165) is 15.6 Å². The summed E-state index contributed by atoms with van der Waals surface area (Å²) in [5.74, 6) is 0.907. The summed E-state index contributed by atoms with van der Waals surface area (Å²) in [6, 6.07) is 10.2. The van der Waals surface area contributed by atoms with Gasteiger partial charge in [-0.2, -0.15) is 0 Å². The van der Waals surface area contributed by atoms with E-state index in [2.05, 4.69) is 49.4 Å². The summed E-state index contributed by atoms with van der Waals surface area (Å²) in [6.07, 6.45) is 0. The fourth-order valence-corrected chi connectivity index (χ4v) is 3.00. The normalized spacial score (nSPS) is 10.4. The lowest BCUT2D eigenvalue weighted by Gasteiger charge is -2.05. The minimum Gasteiger partial charge on any atom is -0.488 e. The van der Waals surface area contributed by atoms with Crippen LogP contribution in [0.15, 0.2) is 40.2 Å². The Morgan fingerprint density at radius 3 is 2.44 bits per heavy atom. The Labute approximate surface area is 116 Å². The van der Waals surface area contributed by atoms with Crippen LogP contribution in [0.1, 0.15) is 10.4 Å². The van der Waals surface area contributed by atoms with Gasteiger partial charge in [-0.3, -0.25) is 0 Å². The van der Waals surface area contributed by atoms with Crippen LogP contribution in [0.25, 0.3) is 0 Å². The Bertz CT molecular complexity index is 450. The number of ether oxygens (including phenoxy) is 1. The molecule has 4 heteroatoms. The largest absolute Gasteiger partial charge is 0.488 e. The molecule has 0 atom stereocenters. The van der Waals surface area contributed by atoms with Crippen LogP contribution in [0, 0.1) is 0 Å². The molecule has 1 heterocycles. The number of halogens is 2. The van der Waals surface area contributed by atoms with E-state index in [-0.39, 0.29) is 0 Å². The van der Waals surface area contributed by atoms with Crippen molar-refractivity contribution in [2.75, 3.05) is 0 Å². The highest BCUT2D eigenvalue weighted by Gasteiger charge is 2.02. The van der Waals surface area contributed by atoms with Crippen molar-refractivity contribution in [2.24, 2.45) is 0 Å². The molecule has 2 aromatic rings. The van der Waals surface area contributed by atoms with Crippen LogP contribution in [0.5, 0.6) is 5.75 Å². The molecule has 0 radical (unpaired) electrons. The first-order valence-corrected chi connectivity index (χ1v) is 7.58. The van der Waals surface area contributed by atoms with Crippen molar-refractivity contribution in [3.05, 3.63) is 50.6 Å². The fraction of sp³-hybridized carbons (Fsp3) is 0.167. The quantitative estimate of drug-likeness (QED) is 0.697. The minimum absolute atomic E-state index is 0.617. The standard InChI is InChI=1S/C12H10Br2OS/c13-7-9-1-3-10(4-2-9)15-8-12-11(14)5-6-16-12/h1-6H,7-8H2. The average Bonchev–Trinajstić information content (AvgIpc) is 2.73. The van der Waals surface area contributed by atoms with Crippen LogP contribution in [0.2, 0.25) is 0 Å². The predicted octanol–water partition coefficient (Wildman–Crippen LogP) is 4.98. The Morgan fingerprint density at radius 2 is 1.88 bits per heavy atom. The summed E-state index contributed by atoms with van der Waals surface area (Å²) in [4.78, 5) is 1.21. The van der Waals surface area contributed by atoms with Crippen molar-refractivity contribution in [3.63, 3.8) is 0 Å². The summed E-state index contributed by atoms with van der Waals surface area (Å²) >= 11 is 8.60. The number of benzene rings is 1. The molecule has 0 aliphatic heterocycles. The van der Waals surface area contributed by atoms with E-state index in [1.54, 1.807) is 11.3 Å². The summed E-state index contributed by atoms with van der Waals surface area (Å²) in [5, 5.41) is 2.93. The smallest absolute Gasteiger partial charge is 0.124 e. The molecule has 0 aliphatic carbocycles. The van der Waals surface area contributed by atoms with E-state index >= 15 is 0 Å². The maximum Gasteiger partial charge on any atom is 0.124 e. The van der Waals surface area contributed by atoms with Crippen LogP contribution in [-0.4, -0.2) is 0 Å². The summed E-state index contributed by atoms with van der Waals surface area (Å²) in [6.45, 7) is 0.617. The van der Waals surface area contributed by atoms with Crippen LogP contribution < -0.4 is 4.74 Å². The van der Waals surface area contributed by atoms with Crippen molar-refractivity contribution in [2.45, 2.75) is 11.9 Å². The third-order valence-electron chi connectivity index (χ3n) is 2.14. The lowest BCUT2D eigenvalue weighted by atomic mass is 10.2. The molecular weight excluding hydrogens is 352 g/mol. The Kier molecular flexibility index (Phi) is 4.44. The Morgan fingerprint density at radius 1 is 1.12 bits per heavy atom. The summed E-state index contributed by atoms with van der Waals surface area (Å²) < 4.78 is 6.82. The third-order valence-corrected chi connectivity index (χ3v) is 4.69. The number of hydrogen-bond donors (Lipinski definition) is 0. The van der Waals surface area contributed by atoms with Crippen LogP contribution in [0.4, 0.5) is 0 Å². The number of rotatable bonds is 4. The van der Waals surface area contributed by atoms with Crippen LogP contribution in [-0.2, 0) is 11.9 Å². The molecule has 2 rings (SSSR count). The van der Waals surface area contributed by atoms with Gasteiger partial charge in [0.05, 0.1) is 4.88 Å². The second kappa shape index (κ2) is 5.84. The molecule has 1 aromatic heterocycles. The SMILES string of the molecule is BrCc1ccc(OCc2sccc2Br)cc1. The summed E-state index contributed by atoms with van der Waals surface area (Å²) in [5.41, 5.74) is 1.25. The molecule has 0 N–H and O–H groups in total. The molecule has 1 aromatic carbocycles. The molecule has 1 nitrogen and oxygen atoms in total. The molecule has 0 saturated carbocycles. The van der Waals surface area contributed by atoms with Gasteiger partial charge in [0, 0.05) is 9.80 Å². The zero-order valence-electron chi connectivity index (χ0n) is 8.45. The molecule has 16 heavy (non-hydrogen) atoms. The van der Waals surface area contributed by atoms with Gasteiger partial charge in [-0.15, -0.1) is 11.3 Å². The van der Waals surface area contributed by atoms with Gasteiger partial charge in [0.1, 0.15) is 12.4 Å². The third kappa shape index (κ3) is 3.09. The second-order valence-corrected chi connectivity index (χ2v) is 5.67. The van der Waals surface area contributed by atoms with Gasteiger partial charge >= 0.3 is 0 Å². The second-order valence-electron chi connectivity index (χ2n) is 3.26. The highest BCUT2D eigenvalue weighted by atomic mass is 79.9. The molecule has 84 valence electrons. The highest BCUT2D eigenvalue weighted by Crippen LogP contribution is 2.24. The van der Waals surface area contributed by atoms with E-state index in [0.29, 0.717) is 6.61 Å². The van der Waals surface area contributed by atoms with Crippen molar-refractivity contribution in [3.8, 4) is 5.75 Å². The first-order chi connectivity index (χ1) is 7.79. The highest BCUT2D eigenvalue weighted by molar-refractivity contribution is 9.10. The Balaban J connectivity index is 1.97. The lowest BCUT2D eigenvalue weighted by molar-refractivity contribution is 0.309. The van der Waals surface area contributed by atoms with Gasteiger partial charge < -0.3 is 4.74 Å². The molecule has 0 saturated heterocycles. The van der Waals surface area contributed by atoms with Gasteiger partial charge in [0.2, 0.25) is 0 Å². The predicted molar refractivity (Wildman–Crippen MR) is 75.4 cm³/mol. The van der Waals surface area contributed by atoms with E-state index in [1.807, 2.05) is 18.2 Å². The number of thiophene rings is 1. The number of hydrogen-bond acceptors (Lipinski definition) is 2. The van der Waals surface area contributed by atoms with Crippen LogP contribution in [0.3, 0.4) is 0 Å². The van der Waals surface area contributed by atoms with Crippen molar-refractivity contribution >= 4 is 43.2 Å². The van der Waals surface area contributed by atoms with E-state index in [9.17, 15) is 0 Å². The maximum absolute atomic E-state index is 5.70. The Hall–Kier alpha value is -0.320. The first kappa shape index (κ1) is 12.1. The minimum atomic E-state index is 0.617. The monoisotopic (exact) mass is 360 g/mol. The zero-order chi connectivity index (χ0) is 11.4. The van der Waals surface area contributed by atoms with Gasteiger partial charge in [-0.05, 0) is 45.1 Å². The van der Waals surface area contributed by atoms with Gasteiger partial charge in [-0.1, -0.05) is 28.1 Å². The molecule has 0 spiro atoms. The van der Waals surface area contributed by atoms with Crippen molar-refractivity contribution < 1.29 is 4.74 Å². The lowest BCUT2D eigenvalue weighted by Crippen LogP contribution is -1.93. The molecule has 0 unspecified atom stereocenters. The molecule has 0 fully saturated rings. The van der Waals surface area contributed by atoms with Gasteiger partial charge in [0.15, 0.2) is 0 Å². The summed E-state index contributed by atoms with van der Waals surface area (Å²) in [7, 11) is 0. The number of alkyl halides is 1. The van der Waals surface area contributed by atoms with E-state index < -0.39 is 0 Å². The maximum atomic E-state index is 5.70. The van der Waals surface area contributed by atoms with Crippen LogP contribution >= 0.6 is 43.2 Å². The molecule has 0 bridgehead atoms. The van der Waals surface area contributed by atoms with Gasteiger partial charge in [0.25, 0.3) is 0 Å². The van der Waals surface area contributed by atoms with E-state index in [1.165, 1.54) is 10.4 Å². The van der Waals surface area contributed by atoms with E-state index in [4.69, 9.17) is 4.74 Å². The molecule has 0 aliphatic rings. The van der Waals surface area contributed by atoms with Crippen molar-refractivity contribution in [1.29, 1.82) is 0 Å². The first-order valence-electron chi connectivity index (χ1n) is 4.79. The van der Waals surface area contributed by atoms with Gasteiger partial charge in [-0.25, -0.2) is 0 Å². The topological polar surface area (TPSA) is 9.23 Å². The van der Waals surface area contributed by atoms with Crippen molar-refractivity contribution in [1.82, 2.24) is 0 Å². The molecular formula is C12H10Br2OS. The zero-order valence-corrected chi connectivity index (χ0v) is 12.4.